The van der Waals surface area contributed by atoms with Crippen molar-refractivity contribution in [2.75, 3.05) is 18.5 Å². The first-order valence-electron chi connectivity index (χ1n) is 9.50. The number of aromatic nitrogens is 3. The molecule has 0 aliphatic heterocycles. The first kappa shape index (κ1) is 23.4. The zero-order valence-electron chi connectivity index (χ0n) is 17.2. The molecule has 2 N–H and O–H groups in total. The Labute approximate surface area is 185 Å². The molecule has 9 nitrogen and oxygen atoms in total. The minimum Gasteiger partial charge on any atom is -0.454 e. The summed E-state index contributed by atoms with van der Waals surface area (Å²) in [7, 11) is 0. The van der Waals surface area contributed by atoms with Crippen LogP contribution in [0.4, 0.5) is 18.9 Å². The Morgan fingerprint density at radius 1 is 1.09 bits per heavy atom. The molecule has 3 rings (SSSR count). The third kappa shape index (κ3) is 6.38. The van der Waals surface area contributed by atoms with Crippen LogP contribution in [0.2, 0.25) is 0 Å². The summed E-state index contributed by atoms with van der Waals surface area (Å²) < 4.78 is 45.2. The summed E-state index contributed by atoms with van der Waals surface area (Å²) in [5.74, 6) is -2.28. The second-order valence-electron chi connectivity index (χ2n) is 6.83. The molecule has 172 valence electrons. The predicted molar refractivity (Wildman–Crippen MR) is 109 cm³/mol. The highest BCUT2D eigenvalue weighted by atomic mass is 19.4. The van der Waals surface area contributed by atoms with Gasteiger partial charge in [-0.1, -0.05) is 17.7 Å². The van der Waals surface area contributed by atoms with Gasteiger partial charge in [0.2, 0.25) is 0 Å². The third-order valence-electron chi connectivity index (χ3n) is 4.33. The van der Waals surface area contributed by atoms with Crippen molar-refractivity contribution >= 4 is 23.5 Å². The molecule has 0 atom stereocenters. The molecule has 2 aromatic carbocycles. The molecule has 0 bridgehead atoms. The number of ether oxygens (including phenoxy) is 1. The van der Waals surface area contributed by atoms with Gasteiger partial charge in [0.1, 0.15) is 19.2 Å². The Kier molecular flexibility index (Phi) is 7.06. The number of amides is 2. The Hall–Kier alpha value is -4.22. The molecule has 33 heavy (non-hydrogen) atoms. The second kappa shape index (κ2) is 9.94. The lowest BCUT2D eigenvalue weighted by atomic mass is 10.1. The zero-order chi connectivity index (χ0) is 24.0. The molecular formula is C21H18F3N5O4. The fraction of sp³-hybridized carbons (Fsp3) is 0.190. The summed E-state index contributed by atoms with van der Waals surface area (Å²) in [6, 6.07) is 9.34. The summed E-state index contributed by atoms with van der Waals surface area (Å²) in [5.41, 5.74) is 0.244. The SMILES string of the molecule is Cc1ccc(C(=O)NCC(=O)OCC(=O)Nc2cc(C(F)(F)F)ccc2-n2cncn2)cc1. The van der Waals surface area contributed by atoms with Gasteiger partial charge in [-0.2, -0.15) is 18.3 Å². The Morgan fingerprint density at radius 3 is 2.45 bits per heavy atom. The van der Waals surface area contributed by atoms with E-state index in [0.29, 0.717) is 5.56 Å². The van der Waals surface area contributed by atoms with E-state index < -0.39 is 42.7 Å². The summed E-state index contributed by atoms with van der Waals surface area (Å²) in [6.07, 6.45) is -2.21. The van der Waals surface area contributed by atoms with E-state index in [0.717, 1.165) is 23.8 Å². The smallest absolute Gasteiger partial charge is 0.416 e. The van der Waals surface area contributed by atoms with Crippen LogP contribution in [0.3, 0.4) is 0 Å². The van der Waals surface area contributed by atoms with E-state index in [1.807, 2.05) is 6.92 Å². The number of hydrogen-bond donors (Lipinski definition) is 2. The van der Waals surface area contributed by atoms with Gasteiger partial charge in [0.15, 0.2) is 6.61 Å². The van der Waals surface area contributed by atoms with Gasteiger partial charge >= 0.3 is 12.1 Å². The van der Waals surface area contributed by atoms with Crippen molar-refractivity contribution in [3.63, 3.8) is 0 Å². The first-order valence-corrected chi connectivity index (χ1v) is 9.50. The summed E-state index contributed by atoms with van der Waals surface area (Å²) in [6.45, 7) is 0.596. The molecule has 0 saturated heterocycles. The number of alkyl halides is 3. The molecule has 12 heteroatoms. The number of rotatable bonds is 7. The summed E-state index contributed by atoms with van der Waals surface area (Å²) in [4.78, 5) is 39.8. The maximum absolute atomic E-state index is 13.1. The average molecular weight is 461 g/mol. The van der Waals surface area contributed by atoms with Crippen LogP contribution in [0.15, 0.2) is 55.1 Å². The molecule has 0 unspecified atom stereocenters. The van der Waals surface area contributed by atoms with Crippen LogP contribution < -0.4 is 10.6 Å². The lowest BCUT2D eigenvalue weighted by Gasteiger charge is -2.14. The lowest BCUT2D eigenvalue weighted by Crippen LogP contribution is -2.32. The molecule has 0 fully saturated rings. The molecule has 1 aromatic heterocycles. The number of nitrogens with one attached hydrogen (secondary N) is 2. The number of nitrogens with zero attached hydrogens (tertiary/aromatic N) is 3. The minimum atomic E-state index is -4.64. The van der Waals surface area contributed by atoms with Gasteiger partial charge in [0.05, 0.1) is 16.9 Å². The second-order valence-corrected chi connectivity index (χ2v) is 6.83. The van der Waals surface area contributed by atoms with Gasteiger partial charge in [-0.15, -0.1) is 0 Å². The van der Waals surface area contributed by atoms with Gasteiger partial charge < -0.3 is 15.4 Å². The van der Waals surface area contributed by atoms with E-state index in [1.54, 1.807) is 24.3 Å². The standard InChI is InChI=1S/C21H18F3N5O4/c1-13-2-4-14(5-3-13)20(32)26-9-19(31)33-10-18(30)28-16-8-15(21(22,23)24)6-7-17(16)29-12-25-11-27-29/h2-8,11-12H,9-10H2,1H3,(H,26,32)(H,28,30). The largest absolute Gasteiger partial charge is 0.454 e. The third-order valence-corrected chi connectivity index (χ3v) is 4.33. The quantitative estimate of drug-likeness (QED) is 0.523. The Balaban J connectivity index is 1.58. The highest BCUT2D eigenvalue weighted by Gasteiger charge is 2.31. The van der Waals surface area contributed by atoms with Gasteiger partial charge in [-0.3, -0.25) is 14.4 Å². The van der Waals surface area contributed by atoms with Crippen LogP contribution in [0.5, 0.6) is 0 Å². The van der Waals surface area contributed by atoms with Crippen molar-refractivity contribution in [1.29, 1.82) is 0 Å². The molecule has 0 aliphatic carbocycles. The lowest BCUT2D eigenvalue weighted by molar-refractivity contribution is -0.146. The van der Waals surface area contributed by atoms with Crippen LogP contribution in [0, 0.1) is 6.92 Å². The number of aryl methyl sites for hydroxylation is 1. The molecule has 1 heterocycles. The molecule has 3 aromatic rings. The van der Waals surface area contributed by atoms with Crippen LogP contribution in [0.25, 0.3) is 5.69 Å². The fourth-order valence-electron chi connectivity index (χ4n) is 2.69. The van der Waals surface area contributed by atoms with Crippen LogP contribution in [0.1, 0.15) is 21.5 Å². The van der Waals surface area contributed by atoms with Crippen molar-refractivity contribution in [2.45, 2.75) is 13.1 Å². The van der Waals surface area contributed by atoms with E-state index in [9.17, 15) is 27.6 Å². The number of carbonyl (C=O) groups is 3. The Morgan fingerprint density at radius 2 is 1.82 bits per heavy atom. The van der Waals surface area contributed by atoms with Crippen LogP contribution in [-0.2, 0) is 20.5 Å². The zero-order valence-corrected chi connectivity index (χ0v) is 17.2. The molecular weight excluding hydrogens is 443 g/mol. The number of halogens is 3. The Bertz CT molecular complexity index is 1150. The molecule has 2 amide bonds. The van der Waals surface area contributed by atoms with Gasteiger partial charge in [0, 0.05) is 5.56 Å². The van der Waals surface area contributed by atoms with Crippen LogP contribution >= 0.6 is 0 Å². The summed E-state index contributed by atoms with van der Waals surface area (Å²) >= 11 is 0. The molecule has 0 aliphatic rings. The topological polar surface area (TPSA) is 115 Å². The number of benzene rings is 2. The molecule has 0 radical (unpaired) electrons. The van der Waals surface area contributed by atoms with E-state index in [1.165, 1.54) is 17.3 Å². The summed E-state index contributed by atoms with van der Waals surface area (Å²) in [5, 5.41) is 8.46. The molecule has 0 spiro atoms. The average Bonchev–Trinajstić information content (AvgIpc) is 3.30. The van der Waals surface area contributed by atoms with E-state index >= 15 is 0 Å². The van der Waals surface area contributed by atoms with E-state index in [2.05, 4.69) is 20.7 Å². The predicted octanol–water partition coefficient (Wildman–Crippen LogP) is 2.51. The number of carbonyl (C=O) groups excluding carboxylic acids is 3. The molecule has 0 saturated carbocycles. The minimum absolute atomic E-state index is 0.130. The van der Waals surface area contributed by atoms with Gasteiger partial charge in [0.25, 0.3) is 11.8 Å². The van der Waals surface area contributed by atoms with Crippen molar-refractivity contribution in [1.82, 2.24) is 20.1 Å². The monoisotopic (exact) mass is 461 g/mol. The number of hydrogen-bond acceptors (Lipinski definition) is 6. The normalized spacial score (nSPS) is 11.0. The van der Waals surface area contributed by atoms with Crippen molar-refractivity contribution in [3.05, 3.63) is 71.8 Å². The highest BCUT2D eigenvalue weighted by molar-refractivity contribution is 5.97. The highest BCUT2D eigenvalue weighted by Crippen LogP contribution is 2.33. The maximum atomic E-state index is 13.1. The van der Waals surface area contributed by atoms with Crippen molar-refractivity contribution < 1.29 is 32.3 Å². The number of anilines is 1. The number of esters is 1. The van der Waals surface area contributed by atoms with E-state index in [4.69, 9.17) is 4.74 Å². The van der Waals surface area contributed by atoms with E-state index in [-0.39, 0.29) is 11.4 Å². The van der Waals surface area contributed by atoms with Crippen molar-refractivity contribution in [2.24, 2.45) is 0 Å². The van der Waals surface area contributed by atoms with Crippen LogP contribution in [-0.4, -0.2) is 45.7 Å². The van der Waals surface area contributed by atoms with Gasteiger partial charge in [-0.05, 0) is 37.3 Å². The first-order chi connectivity index (χ1) is 15.6. The fourth-order valence-corrected chi connectivity index (χ4v) is 2.69. The van der Waals surface area contributed by atoms with Crippen molar-refractivity contribution in [3.8, 4) is 5.69 Å². The maximum Gasteiger partial charge on any atom is 0.416 e. The van der Waals surface area contributed by atoms with Gasteiger partial charge in [-0.25, -0.2) is 9.67 Å².